The van der Waals surface area contributed by atoms with E-state index < -0.39 is 11.5 Å². The third-order valence-electron chi connectivity index (χ3n) is 7.83. The molecule has 0 aromatic heterocycles. The highest BCUT2D eigenvalue weighted by Crippen LogP contribution is 2.27. The van der Waals surface area contributed by atoms with E-state index in [4.69, 9.17) is 10.8 Å². The lowest BCUT2D eigenvalue weighted by atomic mass is 9.76. The maximum Gasteiger partial charge on any atom is 0.303 e. The Morgan fingerprint density at radius 3 is 2.00 bits per heavy atom. The fourth-order valence-electron chi connectivity index (χ4n) is 5.55. The van der Waals surface area contributed by atoms with Crippen LogP contribution >= 0.6 is 0 Å². The average Bonchev–Trinajstić information content (AvgIpc) is 2.86. The molecule has 35 heavy (non-hydrogen) atoms. The van der Waals surface area contributed by atoms with E-state index in [2.05, 4.69) is 51.1 Å². The number of aliphatic carboxylic acids is 1. The van der Waals surface area contributed by atoms with Crippen molar-refractivity contribution in [3.05, 3.63) is 0 Å². The van der Waals surface area contributed by atoms with Crippen molar-refractivity contribution in [2.24, 2.45) is 23.0 Å². The van der Waals surface area contributed by atoms with E-state index >= 15 is 0 Å². The minimum Gasteiger partial charge on any atom is -0.481 e. The molecule has 11 nitrogen and oxygen atoms in total. The van der Waals surface area contributed by atoms with Crippen LogP contribution in [-0.2, 0) is 9.59 Å². The number of amides is 1. The van der Waals surface area contributed by atoms with Gasteiger partial charge in [0.25, 0.3) is 0 Å². The molecule has 0 aliphatic carbocycles. The molecule has 0 aromatic rings. The minimum absolute atomic E-state index is 0.000728. The molecule has 4 fully saturated rings. The molecule has 0 spiro atoms. The Morgan fingerprint density at radius 1 is 0.829 bits per heavy atom. The van der Waals surface area contributed by atoms with E-state index in [-0.39, 0.29) is 29.7 Å². The summed E-state index contributed by atoms with van der Waals surface area (Å²) in [6.45, 7) is 13.7. The second-order valence-corrected chi connectivity index (χ2v) is 11.6. The van der Waals surface area contributed by atoms with E-state index in [0.29, 0.717) is 37.9 Å². The summed E-state index contributed by atoms with van der Waals surface area (Å²) in [6, 6.07) is 0. The highest BCUT2D eigenvalue weighted by molar-refractivity contribution is 5.77. The summed E-state index contributed by atoms with van der Waals surface area (Å²) in [6.07, 6.45) is 0.557. The van der Waals surface area contributed by atoms with Gasteiger partial charge in [0.05, 0.1) is 11.1 Å². The van der Waals surface area contributed by atoms with Crippen molar-refractivity contribution in [2.75, 3.05) is 78.5 Å². The second kappa shape index (κ2) is 12.8. The average molecular weight is 497 g/mol. The van der Waals surface area contributed by atoms with Gasteiger partial charge in [0.1, 0.15) is 0 Å². The van der Waals surface area contributed by atoms with Crippen LogP contribution in [0.4, 0.5) is 0 Å². The Kier molecular flexibility index (Phi) is 10.3. The zero-order valence-electron chi connectivity index (χ0n) is 21.6. The number of carboxylic acid groups (broad SMARTS) is 1. The zero-order chi connectivity index (χ0) is 25.4. The van der Waals surface area contributed by atoms with Crippen molar-refractivity contribution in [1.82, 2.24) is 37.2 Å². The molecule has 10 N–H and O–H groups in total. The summed E-state index contributed by atoms with van der Waals surface area (Å²) in [4.78, 5) is 23.7. The molecule has 0 radical (unpaired) electrons. The van der Waals surface area contributed by atoms with Gasteiger partial charge in [0, 0.05) is 65.2 Å². The molecule has 4 rings (SSSR count). The molecular formula is C24H48N8O3. The molecule has 3 unspecified atom stereocenters. The first-order valence-electron chi connectivity index (χ1n) is 13.2. The first-order chi connectivity index (χ1) is 16.6. The van der Waals surface area contributed by atoms with Gasteiger partial charge in [-0.1, -0.05) is 13.8 Å². The Bertz CT molecular complexity index is 712. The second-order valence-electron chi connectivity index (χ2n) is 11.6. The predicted octanol–water partition coefficient (Wildman–Crippen LogP) is -2.37. The highest BCUT2D eigenvalue weighted by atomic mass is 16.4. The van der Waals surface area contributed by atoms with Crippen molar-refractivity contribution in [3.8, 4) is 0 Å². The summed E-state index contributed by atoms with van der Waals surface area (Å²) in [5, 5.41) is 34.1. The third kappa shape index (κ3) is 8.63. The number of carbonyl (C=O) groups is 2. The van der Waals surface area contributed by atoms with Crippen LogP contribution in [0.15, 0.2) is 0 Å². The first-order valence-corrected chi connectivity index (χ1v) is 13.2. The molecular weight excluding hydrogens is 448 g/mol. The highest BCUT2D eigenvalue weighted by Gasteiger charge is 2.40. The minimum atomic E-state index is -0.872. The van der Waals surface area contributed by atoms with Crippen LogP contribution in [0, 0.1) is 17.3 Å². The molecule has 4 saturated heterocycles. The molecule has 4 aliphatic rings. The fraction of sp³-hybridized carbons (Fsp3) is 0.917. The summed E-state index contributed by atoms with van der Waals surface area (Å²) in [5.74, 6) is -0.199. The van der Waals surface area contributed by atoms with Crippen molar-refractivity contribution in [1.29, 1.82) is 0 Å². The van der Waals surface area contributed by atoms with Crippen molar-refractivity contribution in [3.63, 3.8) is 0 Å². The van der Waals surface area contributed by atoms with Crippen LogP contribution in [0.25, 0.3) is 0 Å². The monoisotopic (exact) mass is 496 g/mol. The maximum absolute atomic E-state index is 12.8. The SMILES string of the molecule is CC1CNC[C@]2(N)CNCC3CNC[C@](NC(=O)CCCC(=O)O)(CNC1)CNCC3(C)CNC2. The Labute approximate surface area is 209 Å². The summed E-state index contributed by atoms with van der Waals surface area (Å²) < 4.78 is 0. The molecule has 4 aliphatic heterocycles. The third-order valence-corrected chi connectivity index (χ3v) is 7.83. The molecule has 202 valence electrons. The molecule has 4 bridgehead atoms. The van der Waals surface area contributed by atoms with Gasteiger partial charge in [-0.05, 0) is 49.9 Å². The molecule has 1 amide bonds. The quantitative estimate of drug-likeness (QED) is 0.201. The van der Waals surface area contributed by atoms with Crippen LogP contribution in [0.1, 0.15) is 33.1 Å². The molecule has 5 atom stereocenters. The maximum atomic E-state index is 12.8. The van der Waals surface area contributed by atoms with E-state index in [1.54, 1.807) is 0 Å². The molecule has 0 aromatic carbocycles. The topological polar surface area (TPSA) is 165 Å². The van der Waals surface area contributed by atoms with Crippen molar-refractivity contribution in [2.45, 2.75) is 44.2 Å². The standard InChI is InChI=1S/C24H48N8O3/c1-18-6-26-12-23(25)13-28-8-19-9-29-16-24(15-27-7-18,32-20(33)4-3-5-21(34)35)17-31-11-22(19,2)10-30-14-23/h18-19,26-31H,3-17,25H2,1-2H3,(H,32,33)(H,34,35)/t18?,19?,22?,23-,24+/m0/s1. The van der Waals surface area contributed by atoms with Gasteiger partial charge in [-0.15, -0.1) is 0 Å². The van der Waals surface area contributed by atoms with E-state index in [1.807, 2.05) is 0 Å². The van der Waals surface area contributed by atoms with Crippen LogP contribution in [-0.4, -0.2) is 107 Å². The number of fused-ring (bicyclic) bond motifs is 14. The van der Waals surface area contributed by atoms with Crippen LogP contribution in [0.3, 0.4) is 0 Å². The molecule has 0 saturated carbocycles. The number of carboxylic acids is 1. The fourth-order valence-corrected chi connectivity index (χ4v) is 5.55. The van der Waals surface area contributed by atoms with Crippen LogP contribution in [0.5, 0.6) is 0 Å². The van der Waals surface area contributed by atoms with Crippen LogP contribution < -0.4 is 43.0 Å². The molecule has 4 heterocycles. The van der Waals surface area contributed by atoms with E-state index in [0.717, 1.165) is 58.9 Å². The zero-order valence-corrected chi connectivity index (χ0v) is 21.6. The van der Waals surface area contributed by atoms with Gasteiger partial charge in [-0.3, -0.25) is 9.59 Å². The smallest absolute Gasteiger partial charge is 0.303 e. The Hall–Kier alpha value is -1.34. The Morgan fingerprint density at radius 2 is 1.34 bits per heavy atom. The van der Waals surface area contributed by atoms with Gasteiger partial charge >= 0.3 is 5.97 Å². The lowest BCUT2D eigenvalue weighted by molar-refractivity contribution is -0.137. The number of rotatable bonds is 5. The van der Waals surface area contributed by atoms with Gasteiger partial charge in [-0.2, -0.15) is 0 Å². The van der Waals surface area contributed by atoms with Crippen molar-refractivity contribution < 1.29 is 14.7 Å². The van der Waals surface area contributed by atoms with Crippen molar-refractivity contribution >= 4 is 11.9 Å². The largest absolute Gasteiger partial charge is 0.481 e. The predicted molar refractivity (Wildman–Crippen MR) is 137 cm³/mol. The van der Waals surface area contributed by atoms with Gasteiger partial charge in [0.2, 0.25) is 5.91 Å². The Balaban J connectivity index is 1.80. The summed E-state index contributed by atoms with van der Waals surface area (Å²) in [7, 11) is 0. The number of hydrogen-bond donors (Lipinski definition) is 9. The van der Waals surface area contributed by atoms with E-state index in [1.165, 1.54) is 0 Å². The van der Waals surface area contributed by atoms with Crippen LogP contribution in [0.2, 0.25) is 0 Å². The van der Waals surface area contributed by atoms with E-state index in [9.17, 15) is 9.59 Å². The van der Waals surface area contributed by atoms with Gasteiger partial charge in [0.15, 0.2) is 0 Å². The van der Waals surface area contributed by atoms with Gasteiger partial charge < -0.3 is 48.1 Å². The normalized spacial score (nSPS) is 37.7. The number of nitrogens with two attached hydrogens (primary N) is 1. The number of nitrogens with one attached hydrogen (secondary N) is 7. The lowest BCUT2D eigenvalue weighted by Crippen LogP contribution is -2.65. The van der Waals surface area contributed by atoms with Gasteiger partial charge in [-0.25, -0.2) is 0 Å². The number of hydrogen-bond acceptors (Lipinski definition) is 9. The molecule has 11 heteroatoms. The number of carbonyl (C=O) groups excluding carboxylic acids is 1. The first kappa shape index (κ1) is 28.2. The lowest BCUT2D eigenvalue weighted by Gasteiger charge is -2.38. The summed E-state index contributed by atoms with van der Waals surface area (Å²) >= 11 is 0. The summed E-state index contributed by atoms with van der Waals surface area (Å²) in [5.41, 5.74) is 5.93.